The largest absolute Gasteiger partial charge is 0.427 e. The van der Waals surface area contributed by atoms with Gasteiger partial charge in [-0.1, -0.05) is 13.0 Å². The van der Waals surface area contributed by atoms with Crippen LogP contribution in [0.4, 0.5) is 4.79 Å². The molecule has 0 aliphatic heterocycles. The summed E-state index contributed by atoms with van der Waals surface area (Å²) in [6.45, 7) is 2.54. The zero-order valence-electron chi connectivity index (χ0n) is 7.97. The number of nitrogens with zero attached hydrogens (tertiary/aromatic N) is 2. The molecular formula is C9H13N3O2. The lowest BCUT2D eigenvalue weighted by Crippen LogP contribution is -2.26. The molecule has 0 aliphatic carbocycles. The van der Waals surface area contributed by atoms with E-state index in [0.29, 0.717) is 6.54 Å². The molecule has 0 saturated carbocycles. The molecule has 1 aromatic rings. The summed E-state index contributed by atoms with van der Waals surface area (Å²) >= 11 is 0. The van der Waals surface area contributed by atoms with E-state index in [9.17, 15) is 10.0 Å². The topological polar surface area (TPSA) is 66.6 Å². The minimum Gasteiger partial charge on any atom is -0.427 e. The SMILES string of the molecule is CCCNC(=O)/N=c1/ccccn1O. The van der Waals surface area contributed by atoms with Gasteiger partial charge < -0.3 is 10.5 Å². The summed E-state index contributed by atoms with van der Waals surface area (Å²) in [6.07, 6.45) is 2.26. The quantitative estimate of drug-likeness (QED) is 0.684. The van der Waals surface area contributed by atoms with Crippen molar-refractivity contribution in [3.05, 3.63) is 29.9 Å². The highest BCUT2D eigenvalue weighted by Crippen LogP contribution is 1.78. The Morgan fingerprint density at radius 2 is 2.43 bits per heavy atom. The number of urea groups is 1. The lowest BCUT2D eigenvalue weighted by Gasteiger charge is -1.98. The van der Waals surface area contributed by atoms with Crippen LogP contribution in [0.15, 0.2) is 29.4 Å². The number of rotatable bonds is 2. The maximum atomic E-state index is 11.1. The fraction of sp³-hybridized carbons (Fsp3) is 0.333. The molecule has 0 aliphatic rings. The molecule has 5 heteroatoms. The number of carbonyl (C=O) groups excluding carboxylic acids is 1. The van der Waals surface area contributed by atoms with Crippen molar-refractivity contribution in [2.24, 2.45) is 4.99 Å². The summed E-state index contributed by atoms with van der Waals surface area (Å²) in [6, 6.07) is 4.44. The van der Waals surface area contributed by atoms with E-state index in [1.54, 1.807) is 18.2 Å². The van der Waals surface area contributed by atoms with E-state index in [0.717, 1.165) is 11.2 Å². The van der Waals surface area contributed by atoms with Gasteiger partial charge in [0.25, 0.3) is 0 Å². The van der Waals surface area contributed by atoms with Gasteiger partial charge in [-0.3, -0.25) is 0 Å². The van der Waals surface area contributed by atoms with Crippen LogP contribution in [0.5, 0.6) is 0 Å². The number of nitrogens with one attached hydrogen (secondary N) is 1. The van der Waals surface area contributed by atoms with Gasteiger partial charge >= 0.3 is 6.03 Å². The highest BCUT2D eigenvalue weighted by molar-refractivity contribution is 5.74. The van der Waals surface area contributed by atoms with E-state index in [2.05, 4.69) is 10.3 Å². The Bertz CT molecular complexity index is 370. The van der Waals surface area contributed by atoms with Crippen molar-refractivity contribution in [3.8, 4) is 0 Å². The second-order valence-corrected chi connectivity index (χ2v) is 2.75. The molecule has 1 aromatic heterocycles. The molecule has 0 spiro atoms. The molecule has 2 N–H and O–H groups in total. The Labute approximate surface area is 81.7 Å². The predicted octanol–water partition coefficient (Wildman–Crippen LogP) is 0.746. The highest BCUT2D eigenvalue weighted by atomic mass is 16.5. The van der Waals surface area contributed by atoms with Crippen LogP contribution in [0.3, 0.4) is 0 Å². The molecule has 0 fully saturated rings. The average molecular weight is 195 g/mol. The van der Waals surface area contributed by atoms with Crippen LogP contribution in [0.25, 0.3) is 0 Å². The summed E-state index contributed by atoms with van der Waals surface area (Å²) in [5, 5.41) is 11.8. The van der Waals surface area contributed by atoms with Gasteiger partial charge in [0.2, 0.25) is 0 Å². The lowest BCUT2D eigenvalue weighted by molar-refractivity contribution is 0.171. The number of carbonyl (C=O) groups is 1. The Morgan fingerprint density at radius 3 is 3.07 bits per heavy atom. The van der Waals surface area contributed by atoms with Gasteiger partial charge in [0, 0.05) is 12.7 Å². The first-order valence-corrected chi connectivity index (χ1v) is 4.43. The Kier molecular flexibility index (Phi) is 3.72. The third-order valence-corrected chi connectivity index (χ3v) is 1.56. The number of hydrogen-bond donors (Lipinski definition) is 2. The third-order valence-electron chi connectivity index (χ3n) is 1.56. The number of aromatic nitrogens is 1. The smallest absolute Gasteiger partial charge is 0.343 e. The minimum atomic E-state index is -0.444. The van der Waals surface area contributed by atoms with E-state index in [1.165, 1.54) is 6.20 Å². The average Bonchev–Trinajstić information content (AvgIpc) is 2.18. The van der Waals surface area contributed by atoms with E-state index < -0.39 is 6.03 Å². The summed E-state index contributed by atoms with van der Waals surface area (Å²) in [5.74, 6) is 0. The van der Waals surface area contributed by atoms with Crippen molar-refractivity contribution in [1.82, 2.24) is 10.0 Å². The summed E-state index contributed by atoms with van der Waals surface area (Å²) < 4.78 is 0.797. The molecule has 2 amide bonds. The Hall–Kier alpha value is -1.78. The normalized spacial score (nSPS) is 11.4. The first kappa shape index (κ1) is 10.3. The molecular weight excluding hydrogens is 182 g/mol. The van der Waals surface area contributed by atoms with E-state index in [4.69, 9.17) is 0 Å². The van der Waals surface area contributed by atoms with Crippen LogP contribution in [0.2, 0.25) is 0 Å². The molecule has 0 aromatic carbocycles. The van der Waals surface area contributed by atoms with Gasteiger partial charge in [-0.15, -0.1) is 0 Å². The first-order chi connectivity index (χ1) is 6.74. The van der Waals surface area contributed by atoms with E-state index in [1.807, 2.05) is 6.92 Å². The van der Waals surface area contributed by atoms with Gasteiger partial charge in [-0.25, -0.2) is 4.79 Å². The molecule has 14 heavy (non-hydrogen) atoms. The zero-order valence-corrected chi connectivity index (χ0v) is 7.97. The van der Waals surface area contributed by atoms with Crippen molar-refractivity contribution in [2.45, 2.75) is 13.3 Å². The molecule has 5 nitrogen and oxygen atoms in total. The maximum absolute atomic E-state index is 11.1. The van der Waals surface area contributed by atoms with Crippen molar-refractivity contribution < 1.29 is 10.0 Å². The van der Waals surface area contributed by atoms with Crippen molar-refractivity contribution in [3.63, 3.8) is 0 Å². The van der Waals surface area contributed by atoms with Crippen LogP contribution in [0, 0.1) is 0 Å². The number of pyridine rings is 1. The molecule has 76 valence electrons. The molecule has 1 heterocycles. The van der Waals surface area contributed by atoms with Gasteiger partial charge in [-0.2, -0.15) is 9.72 Å². The van der Waals surface area contributed by atoms with E-state index in [-0.39, 0.29) is 5.49 Å². The second-order valence-electron chi connectivity index (χ2n) is 2.75. The van der Waals surface area contributed by atoms with Gasteiger partial charge in [0.1, 0.15) is 0 Å². The van der Waals surface area contributed by atoms with Crippen LogP contribution >= 0.6 is 0 Å². The van der Waals surface area contributed by atoms with Crippen LogP contribution in [-0.2, 0) is 0 Å². The first-order valence-electron chi connectivity index (χ1n) is 4.43. The second kappa shape index (κ2) is 5.06. The van der Waals surface area contributed by atoms with Crippen LogP contribution < -0.4 is 10.8 Å². The Morgan fingerprint density at radius 1 is 1.64 bits per heavy atom. The van der Waals surface area contributed by atoms with Crippen LogP contribution in [-0.4, -0.2) is 22.5 Å². The number of amides is 2. The van der Waals surface area contributed by atoms with Gasteiger partial charge in [0.05, 0.1) is 0 Å². The fourth-order valence-corrected chi connectivity index (χ4v) is 0.890. The summed E-state index contributed by atoms with van der Waals surface area (Å²) in [7, 11) is 0. The molecule has 0 bridgehead atoms. The Balaban J connectivity index is 2.78. The summed E-state index contributed by atoms with van der Waals surface area (Å²) in [4.78, 5) is 14.8. The third kappa shape index (κ3) is 2.93. The molecule has 0 saturated heterocycles. The van der Waals surface area contributed by atoms with Gasteiger partial charge in [0.15, 0.2) is 5.49 Å². The maximum Gasteiger partial charge on any atom is 0.343 e. The van der Waals surface area contributed by atoms with E-state index >= 15 is 0 Å². The van der Waals surface area contributed by atoms with Gasteiger partial charge in [-0.05, 0) is 18.6 Å². The molecule has 1 rings (SSSR count). The minimum absolute atomic E-state index is 0.209. The monoisotopic (exact) mass is 195 g/mol. The lowest BCUT2D eigenvalue weighted by atomic mass is 10.5. The van der Waals surface area contributed by atoms with Crippen molar-refractivity contribution >= 4 is 6.03 Å². The van der Waals surface area contributed by atoms with Crippen LogP contribution in [0.1, 0.15) is 13.3 Å². The predicted molar refractivity (Wildman–Crippen MR) is 50.9 cm³/mol. The summed E-state index contributed by atoms with van der Waals surface area (Å²) in [5.41, 5.74) is 0.209. The zero-order chi connectivity index (χ0) is 10.4. The molecule has 0 radical (unpaired) electrons. The molecule has 0 atom stereocenters. The van der Waals surface area contributed by atoms with Crippen molar-refractivity contribution in [2.75, 3.05) is 6.54 Å². The standard InChI is InChI=1S/C9H13N3O2/c1-2-6-10-9(13)11-8-5-3-4-7-12(8)14/h3-5,7,14H,2,6H2,1H3,(H,10,13)/b11-8-. The van der Waals surface area contributed by atoms with Crippen molar-refractivity contribution in [1.29, 1.82) is 0 Å². The number of hydrogen-bond acceptors (Lipinski definition) is 2. The molecule has 0 unspecified atom stereocenters. The highest BCUT2D eigenvalue weighted by Gasteiger charge is 1.95. The fourth-order valence-electron chi connectivity index (χ4n) is 0.890.